The Labute approximate surface area is 152 Å². The Bertz CT molecular complexity index is 864. The number of hydrogen-bond donors (Lipinski definition) is 1. The van der Waals surface area contributed by atoms with E-state index in [-0.39, 0.29) is 6.03 Å². The molecule has 0 atom stereocenters. The summed E-state index contributed by atoms with van der Waals surface area (Å²) in [5, 5.41) is 8.32. The van der Waals surface area contributed by atoms with Gasteiger partial charge in [0.05, 0.1) is 11.2 Å². The van der Waals surface area contributed by atoms with Crippen LogP contribution >= 0.6 is 0 Å². The minimum Gasteiger partial charge on any atom is -0.325 e. The molecule has 0 unspecified atom stereocenters. The summed E-state index contributed by atoms with van der Waals surface area (Å²) in [6.45, 7) is 2.55. The first-order valence-electron chi connectivity index (χ1n) is 9.17. The second-order valence-electron chi connectivity index (χ2n) is 6.80. The summed E-state index contributed by atoms with van der Waals surface area (Å²) in [7, 11) is 0. The number of fused-ring (bicyclic) bond motifs is 1. The van der Waals surface area contributed by atoms with E-state index in [9.17, 15) is 4.79 Å². The molecule has 0 aliphatic carbocycles. The van der Waals surface area contributed by atoms with Crippen molar-refractivity contribution in [2.24, 2.45) is 5.92 Å². The number of aromatic nitrogens is 3. The standard InChI is InChI=1S/C20H23N5O/c26-20(23-18-6-1-4-17-5-2-10-21-19(17)18)24-13-7-16(8-14-24)9-15-25-12-3-11-22-25/h1-6,10-12,16H,7-9,13-15H2,(H,23,26). The molecule has 2 amide bonds. The monoisotopic (exact) mass is 349 g/mol. The van der Waals surface area contributed by atoms with Gasteiger partial charge in [0, 0.05) is 43.6 Å². The fourth-order valence-corrected chi connectivity index (χ4v) is 3.57. The third kappa shape index (κ3) is 3.69. The highest BCUT2D eigenvalue weighted by Crippen LogP contribution is 2.24. The maximum atomic E-state index is 12.6. The van der Waals surface area contributed by atoms with Crippen molar-refractivity contribution in [3.05, 3.63) is 55.0 Å². The number of urea groups is 1. The van der Waals surface area contributed by atoms with Crippen LogP contribution in [0.2, 0.25) is 0 Å². The fourth-order valence-electron chi connectivity index (χ4n) is 3.57. The summed E-state index contributed by atoms with van der Waals surface area (Å²) in [6, 6.07) is 11.7. The molecule has 1 aliphatic heterocycles. The molecular formula is C20H23N5O. The lowest BCUT2D eigenvalue weighted by atomic mass is 9.94. The summed E-state index contributed by atoms with van der Waals surface area (Å²) < 4.78 is 1.98. The largest absolute Gasteiger partial charge is 0.325 e. The topological polar surface area (TPSA) is 63.1 Å². The molecule has 0 bridgehead atoms. The quantitative estimate of drug-likeness (QED) is 0.780. The van der Waals surface area contributed by atoms with Gasteiger partial charge in [-0.2, -0.15) is 5.10 Å². The highest BCUT2D eigenvalue weighted by Gasteiger charge is 2.23. The van der Waals surface area contributed by atoms with Gasteiger partial charge in [-0.15, -0.1) is 0 Å². The number of para-hydroxylation sites is 1. The number of likely N-dealkylation sites (tertiary alicyclic amines) is 1. The molecular weight excluding hydrogens is 326 g/mol. The first kappa shape index (κ1) is 16.6. The van der Waals surface area contributed by atoms with Crippen molar-refractivity contribution >= 4 is 22.6 Å². The van der Waals surface area contributed by atoms with Crippen molar-refractivity contribution in [1.82, 2.24) is 19.7 Å². The van der Waals surface area contributed by atoms with Gasteiger partial charge in [-0.25, -0.2) is 4.79 Å². The molecule has 1 fully saturated rings. The van der Waals surface area contributed by atoms with E-state index < -0.39 is 0 Å². The lowest BCUT2D eigenvalue weighted by molar-refractivity contribution is 0.177. The highest BCUT2D eigenvalue weighted by atomic mass is 16.2. The number of rotatable bonds is 4. The van der Waals surface area contributed by atoms with E-state index in [0.29, 0.717) is 5.92 Å². The Hall–Kier alpha value is -2.89. The molecule has 0 saturated carbocycles. The van der Waals surface area contributed by atoms with E-state index in [1.54, 1.807) is 6.20 Å². The number of nitrogens with zero attached hydrogens (tertiary/aromatic N) is 4. The van der Waals surface area contributed by atoms with Crippen LogP contribution in [0, 0.1) is 5.92 Å². The predicted octanol–water partition coefficient (Wildman–Crippen LogP) is 3.77. The van der Waals surface area contributed by atoms with E-state index in [2.05, 4.69) is 15.4 Å². The van der Waals surface area contributed by atoms with Crippen molar-refractivity contribution < 1.29 is 4.79 Å². The molecule has 6 nitrogen and oxygen atoms in total. The fraction of sp³-hybridized carbons (Fsp3) is 0.350. The number of piperidine rings is 1. The van der Waals surface area contributed by atoms with E-state index in [0.717, 1.165) is 55.5 Å². The minimum absolute atomic E-state index is 0.0336. The zero-order chi connectivity index (χ0) is 17.8. The first-order chi connectivity index (χ1) is 12.8. The number of anilines is 1. The molecule has 3 heterocycles. The van der Waals surface area contributed by atoms with Gasteiger partial charge in [0.15, 0.2) is 0 Å². The average Bonchev–Trinajstić information content (AvgIpc) is 3.21. The number of carbonyl (C=O) groups excluding carboxylic acids is 1. The molecule has 0 spiro atoms. The van der Waals surface area contributed by atoms with Crippen LogP contribution in [0.15, 0.2) is 55.0 Å². The van der Waals surface area contributed by atoms with Crippen molar-refractivity contribution in [2.75, 3.05) is 18.4 Å². The van der Waals surface area contributed by atoms with Gasteiger partial charge in [0.1, 0.15) is 0 Å². The van der Waals surface area contributed by atoms with E-state index in [1.165, 1.54) is 0 Å². The normalized spacial score (nSPS) is 15.3. The van der Waals surface area contributed by atoms with Crippen LogP contribution in [0.1, 0.15) is 19.3 Å². The molecule has 1 N–H and O–H groups in total. The zero-order valence-corrected chi connectivity index (χ0v) is 14.7. The van der Waals surface area contributed by atoms with Crippen molar-refractivity contribution in [2.45, 2.75) is 25.8 Å². The lowest BCUT2D eigenvalue weighted by Crippen LogP contribution is -2.41. The summed E-state index contributed by atoms with van der Waals surface area (Å²) in [4.78, 5) is 18.9. The smallest absolute Gasteiger partial charge is 0.321 e. The number of hydrogen-bond acceptors (Lipinski definition) is 3. The van der Waals surface area contributed by atoms with Crippen LogP contribution in [0.3, 0.4) is 0 Å². The number of nitrogens with one attached hydrogen (secondary N) is 1. The molecule has 1 saturated heterocycles. The van der Waals surface area contributed by atoms with Gasteiger partial charge >= 0.3 is 6.03 Å². The van der Waals surface area contributed by atoms with Gasteiger partial charge < -0.3 is 10.2 Å². The summed E-state index contributed by atoms with van der Waals surface area (Å²) in [5.74, 6) is 0.655. The zero-order valence-electron chi connectivity index (χ0n) is 14.7. The Balaban J connectivity index is 1.32. The van der Waals surface area contributed by atoms with Crippen LogP contribution < -0.4 is 5.32 Å². The maximum absolute atomic E-state index is 12.6. The number of benzene rings is 1. The number of carbonyl (C=O) groups is 1. The molecule has 4 rings (SSSR count). The molecule has 3 aromatic rings. The van der Waals surface area contributed by atoms with Gasteiger partial charge in [0.25, 0.3) is 0 Å². The van der Waals surface area contributed by atoms with Crippen LogP contribution in [-0.2, 0) is 6.54 Å². The Morgan fingerprint density at radius 1 is 1.12 bits per heavy atom. The molecule has 2 aromatic heterocycles. The first-order valence-corrected chi connectivity index (χ1v) is 9.17. The van der Waals surface area contributed by atoms with Crippen LogP contribution in [0.5, 0.6) is 0 Å². The highest BCUT2D eigenvalue weighted by molar-refractivity contribution is 5.99. The molecule has 0 radical (unpaired) electrons. The van der Waals surface area contributed by atoms with E-state index in [1.807, 2.05) is 58.4 Å². The number of aryl methyl sites for hydroxylation is 1. The Kier molecular flexibility index (Phi) is 4.82. The number of amides is 2. The maximum Gasteiger partial charge on any atom is 0.321 e. The molecule has 26 heavy (non-hydrogen) atoms. The third-order valence-electron chi connectivity index (χ3n) is 5.10. The van der Waals surface area contributed by atoms with Gasteiger partial charge in [0.2, 0.25) is 0 Å². The van der Waals surface area contributed by atoms with Crippen LogP contribution in [-0.4, -0.2) is 38.8 Å². The summed E-state index contributed by atoms with van der Waals surface area (Å²) in [5.41, 5.74) is 1.60. The van der Waals surface area contributed by atoms with Crippen molar-refractivity contribution in [3.8, 4) is 0 Å². The third-order valence-corrected chi connectivity index (χ3v) is 5.10. The second-order valence-corrected chi connectivity index (χ2v) is 6.80. The summed E-state index contributed by atoms with van der Waals surface area (Å²) in [6.07, 6.45) is 8.77. The van der Waals surface area contributed by atoms with Gasteiger partial charge in [-0.3, -0.25) is 9.67 Å². The molecule has 134 valence electrons. The van der Waals surface area contributed by atoms with E-state index >= 15 is 0 Å². The van der Waals surface area contributed by atoms with Crippen LogP contribution in [0.25, 0.3) is 10.9 Å². The molecule has 1 aromatic carbocycles. The SMILES string of the molecule is O=C(Nc1cccc2cccnc12)N1CCC(CCn2cccn2)CC1. The predicted molar refractivity (Wildman–Crippen MR) is 102 cm³/mol. The number of pyridine rings is 1. The second kappa shape index (κ2) is 7.56. The van der Waals surface area contributed by atoms with Gasteiger partial charge in [-0.1, -0.05) is 18.2 Å². The lowest BCUT2D eigenvalue weighted by Gasteiger charge is -2.32. The van der Waals surface area contributed by atoms with Crippen molar-refractivity contribution in [3.63, 3.8) is 0 Å². The van der Waals surface area contributed by atoms with E-state index in [4.69, 9.17) is 0 Å². The Morgan fingerprint density at radius 2 is 1.96 bits per heavy atom. The molecule has 1 aliphatic rings. The minimum atomic E-state index is -0.0336. The average molecular weight is 349 g/mol. The van der Waals surface area contributed by atoms with Crippen LogP contribution in [0.4, 0.5) is 10.5 Å². The summed E-state index contributed by atoms with van der Waals surface area (Å²) >= 11 is 0. The van der Waals surface area contributed by atoms with Gasteiger partial charge in [-0.05, 0) is 43.4 Å². The molecule has 6 heteroatoms. The Morgan fingerprint density at radius 3 is 2.77 bits per heavy atom. The van der Waals surface area contributed by atoms with Crippen molar-refractivity contribution in [1.29, 1.82) is 0 Å².